The van der Waals surface area contributed by atoms with Crippen molar-refractivity contribution in [3.8, 4) is 0 Å². The van der Waals surface area contributed by atoms with Crippen LogP contribution in [0.5, 0.6) is 0 Å². The predicted octanol–water partition coefficient (Wildman–Crippen LogP) is -2.42. The second-order valence-corrected chi connectivity index (χ2v) is 3.89. The second kappa shape index (κ2) is 4.61. The third-order valence-electron chi connectivity index (χ3n) is 2.73. The minimum Gasteiger partial charge on any atom is -0.394 e. The third kappa shape index (κ3) is 1.97. The van der Waals surface area contributed by atoms with E-state index >= 15 is 0 Å². The van der Waals surface area contributed by atoms with Crippen molar-refractivity contribution in [1.82, 2.24) is 9.55 Å². The second-order valence-electron chi connectivity index (χ2n) is 3.89. The molecule has 0 aliphatic carbocycles. The van der Waals surface area contributed by atoms with E-state index in [2.05, 4.69) is 4.98 Å². The first kappa shape index (κ1) is 12.9. The Morgan fingerprint density at radius 2 is 2.17 bits per heavy atom. The molecule has 9 heteroatoms. The summed E-state index contributed by atoms with van der Waals surface area (Å²) in [5.41, 5.74) is 4.18. The first-order valence-electron chi connectivity index (χ1n) is 5.12. The topological polar surface area (TPSA) is 131 Å². The predicted molar refractivity (Wildman–Crippen MR) is 55.9 cm³/mol. The quantitative estimate of drug-likeness (QED) is 0.465. The minimum absolute atomic E-state index is 0.547. The lowest BCUT2D eigenvalue weighted by molar-refractivity contribution is -0.0553. The average molecular weight is 261 g/mol. The SMILES string of the molecule is Nc1nc(=O)n(C2OC(CO)[C@@H](O)[C@H]2O)cc1F. The molecule has 1 aromatic rings. The molecule has 5 N–H and O–H groups in total. The van der Waals surface area contributed by atoms with Gasteiger partial charge in [-0.25, -0.2) is 9.18 Å². The van der Waals surface area contributed by atoms with E-state index in [0.717, 1.165) is 6.20 Å². The van der Waals surface area contributed by atoms with E-state index in [1.807, 2.05) is 0 Å². The molecule has 0 saturated carbocycles. The summed E-state index contributed by atoms with van der Waals surface area (Å²) in [5, 5.41) is 28.1. The van der Waals surface area contributed by atoms with Crippen molar-refractivity contribution < 1.29 is 24.4 Å². The van der Waals surface area contributed by atoms with E-state index < -0.39 is 48.5 Å². The summed E-state index contributed by atoms with van der Waals surface area (Å²) in [4.78, 5) is 14.7. The molecule has 0 radical (unpaired) electrons. The number of aromatic nitrogens is 2. The van der Waals surface area contributed by atoms with Crippen LogP contribution in [0, 0.1) is 5.82 Å². The Labute approximate surface area is 100 Å². The van der Waals surface area contributed by atoms with Gasteiger partial charge in [0.2, 0.25) is 0 Å². The molecule has 100 valence electrons. The van der Waals surface area contributed by atoms with Gasteiger partial charge in [-0.2, -0.15) is 4.98 Å². The van der Waals surface area contributed by atoms with Crippen LogP contribution in [0.3, 0.4) is 0 Å². The maximum atomic E-state index is 13.2. The van der Waals surface area contributed by atoms with Gasteiger partial charge < -0.3 is 25.8 Å². The van der Waals surface area contributed by atoms with Crippen LogP contribution in [-0.4, -0.2) is 49.8 Å². The van der Waals surface area contributed by atoms with Crippen molar-refractivity contribution in [3.63, 3.8) is 0 Å². The molecule has 0 spiro atoms. The lowest BCUT2D eigenvalue weighted by atomic mass is 10.1. The molecule has 2 unspecified atom stereocenters. The summed E-state index contributed by atoms with van der Waals surface area (Å²) in [6.07, 6.45) is -4.52. The number of nitrogens with two attached hydrogens (primary N) is 1. The van der Waals surface area contributed by atoms with E-state index in [4.69, 9.17) is 15.6 Å². The molecule has 0 amide bonds. The van der Waals surface area contributed by atoms with Crippen LogP contribution in [0.2, 0.25) is 0 Å². The summed E-state index contributed by atoms with van der Waals surface area (Å²) in [5.74, 6) is -1.52. The summed E-state index contributed by atoms with van der Waals surface area (Å²) < 4.78 is 19.0. The Bertz CT molecular complexity index is 507. The number of aliphatic hydroxyl groups excluding tert-OH is 3. The number of rotatable bonds is 2. The van der Waals surface area contributed by atoms with Crippen molar-refractivity contribution in [2.24, 2.45) is 0 Å². The lowest BCUT2D eigenvalue weighted by Crippen LogP contribution is -2.36. The zero-order chi connectivity index (χ0) is 13.4. The van der Waals surface area contributed by atoms with Gasteiger partial charge in [0.05, 0.1) is 12.8 Å². The summed E-state index contributed by atoms with van der Waals surface area (Å²) in [7, 11) is 0. The van der Waals surface area contributed by atoms with Crippen molar-refractivity contribution in [1.29, 1.82) is 0 Å². The molecule has 2 heterocycles. The highest BCUT2D eigenvalue weighted by atomic mass is 19.1. The van der Waals surface area contributed by atoms with Crippen molar-refractivity contribution in [2.45, 2.75) is 24.5 Å². The van der Waals surface area contributed by atoms with Gasteiger partial charge in [0.1, 0.15) is 18.3 Å². The fourth-order valence-corrected chi connectivity index (χ4v) is 1.75. The van der Waals surface area contributed by atoms with Crippen LogP contribution in [0.1, 0.15) is 6.23 Å². The van der Waals surface area contributed by atoms with Gasteiger partial charge in [0, 0.05) is 0 Å². The van der Waals surface area contributed by atoms with Crippen LogP contribution in [0.25, 0.3) is 0 Å². The largest absolute Gasteiger partial charge is 0.394 e. The van der Waals surface area contributed by atoms with Crippen LogP contribution in [-0.2, 0) is 4.74 Å². The lowest BCUT2D eigenvalue weighted by Gasteiger charge is -2.17. The zero-order valence-corrected chi connectivity index (χ0v) is 9.10. The Morgan fingerprint density at radius 1 is 1.50 bits per heavy atom. The Balaban J connectivity index is 2.39. The molecule has 8 nitrogen and oxygen atoms in total. The van der Waals surface area contributed by atoms with Crippen molar-refractivity contribution >= 4 is 5.82 Å². The van der Waals surface area contributed by atoms with Gasteiger partial charge >= 0.3 is 5.69 Å². The van der Waals surface area contributed by atoms with Gasteiger partial charge in [-0.05, 0) is 0 Å². The summed E-state index contributed by atoms with van der Waals surface area (Å²) in [6, 6.07) is 0. The van der Waals surface area contributed by atoms with E-state index in [9.17, 15) is 19.4 Å². The van der Waals surface area contributed by atoms with E-state index in [1.165, 1.54) is 0 Å². The van der Waals surface area contributed by atoms with E-state index in [1.54, 1.807) is 0 Å². The Kier molecular flexibility index (Phi) is 3.30. The highest BCUT2D eigenvalue weighted by molar-refractivity contribution is 5.26. The zero-order valence-electron chi connectivity index (χ0n) is 9.10. The summed E-state index contributed by atoms with van der Waals surface area (Å²) in [6.45, 7) is -0.547. The van der Waals surface area contributed by atoms with Crippen molar-refractivity contribution in [3.05, 3.63) is 22.5 Å². The maximum Gasteiger partial charge on any atom is 0.351 e. The molecule has 0 aromatic carbocycles. The number of nitrogen functional groups attached to an aromatic ring is 1. The van der Waals surface area contributed by atoms with Gasteiger partial charge in [-0.3, -0.25) is 4.57 Å². The van der Waals surface area contributed by atoms with Crippen LogP contribution < -0.4 is 11.4 Å². The first-order chi connectivity index (χ1) is 8.45. The van der Waals surface area contributed by atoms with Gasteiger partial charge in [0.25, 0.3) is 0 Å². The number of nitrogens with zero attached hydrogens (tertiary/aromatic N) is 2. The van der Waals surface area contributed by atoms with Gasteiger partial charge in [0.15, 0.2) is 17.9 Å². The van der Waals surface area contributed by atoms with Crippen LogP contribution in [0.15, 0.2) is 11.0 Å². The number of hydrogen-bond donors (Lipinski definition) is 4. The molecule has 2 rings (SSSR count). The average Bonchev–Trinajstić information content (AvgIpc) is 2.61. The normalized spacial score (nSPS) is 31.8. The first-order valence-corrected chi connectivity index (χ1v) is 5.12. The number of halogens is 1. The standard InChI is InChI=1S/C9H12FN3O5/c10-3-1-13(9(17)12-7(3)11)8-6(16)5(15)4(2-14)18-8/h1,4-6,8,14-16H,2H2,(H2,11,12,17)/t4?,5-,6-,8?/m1/s1. The highest BCUT2D eigenvalue weighted by Crippen LogP contribution is 2.28. The summed E-state index contributed by atoms with van der Waals surface area (Å²) >= 11 is 0. The fraction of sp³-hybridized carbons (Fsp3) is 0.556. The third-order valence-corrected chi connectivity index (χ3v) is 2.73. The molecule has 18 heavy (non-hydrogen) atoms. The Hall–Kier alpha value is -1.55. The monoisotopic (exact) mass is 261 g/mol. The fourth-order valence-electron chi connectivity index (χ4n) is 1.75. The molecule has 1 aliphatic rings. The van der Waals surface area contributed by atoms with Gasteiger partial charge in [-0.1, -0.05) is 0 Å². The molecular formula is C9H12FN3O5. The smallest absolute Gasteiger partial charge is 0.351 e. The van der Waals surface area contributed by atoms with Crippen LogP contribution in [0.4, 0.5) is 10.2 Å². The number of ether oxygens (including phenoxy) is 1. The van der Waals surface area contributed by atoms with Crippen LogP contribution >= 0.6 is 0 Å². The van der Waals surface area contributed by atoms with Crippen molar-refractivity contribution in [2.75, 3.05) is 12.3 Å². The molecule has 4 atom stereocenters. The highest BCUT2D eigenvalue weighted by Gasteiger charge is 2.43. The number of hydrogen-bond acceptors (Lipinski definition) is 7. The maximum absolute atomic E-state index is 13.2. The molecule has 1 fully saturated rings. The number of aliphatic hydroxyl groups is 3. The molecule has 1 saturated heterocycles. The number of anilines is 1. The molecule has 1 aliphatic heterocycles. The minimum atomic E-state index is -1.48. The molecule has 0 bridgehead atoms. The molecule has 1 aromatic heterocycles. The van der Waals surface area contributed by atoms with Gasteiger partial charge in [-0.15, -0.1) is 0 Å². The van der Waals surface area contributed by atoms with E-state index in [0.29, 0.717) is 4.57 Å². The van der Waals surface area contributed by atoms with E-state index in [-0.39, 0.29) is 0 Å². The molecular weight excluding hydrogens is 249 g/mol. The Morgan fingerprint density at radius 3 is 2.72 bits per heavy atom.